The fourth-order valence-electron chi connectivity index (χ4n) is 4.01. The Labute approximate surface area is 194 Å². The minimum atomic E-state index is -0.125. The van der Waals surface area contributed by atoms with E-state index in [-0.39, 0.29) is 11.9 Å². The van der Waals surface area contributed by atoms with Crippen LogP contribution < -0.4 is 9.64 Å². The van der Waals surface area contributed by atoms with Crippen LogP contribution >= 0.6 is 0 Å². The molecule has 0 bridgehead atoms. The first-order chi connectivity index (χ1) is 16.1. The summed E-state index contributed by atoms with van der Waals surface area (Å²) in [5, 5.41) is 0. The highest BCUT2D eigenvalue weighted by atomic mass is 16.5. The van der Waals surface area contributed by atoms with Gasteiger partial charge in [-0.25, -0.2) is 9.97 Å². The maximum atomic E-state index is 13.5. The topological polar surface area (TPSA) is 80.7 Å². The zero-order valence-electron chi connectivity index (χ0n) is 19.3. The quantitative estimate of drug-likeness (QED) is 0.488. The maximum Gasteiger partial charge on any atom is 0.254 e. The first-order valence-electron chi connectivity index (χ1n) is 11.1. The molecule has 1 unspecified atom stereocenters. The van der Waals surface area contributed by atoms with Crippen LogP contribution in [0, 0.1) is 0 Å². The fraction of sp³-hybridized carbons (Fsp3) is 0.360. The summed E-state index contributed by atoms with van der Waals surface area (Å²) < 4.78 is 10.6. The molecule has 1 saturated heterocycles. The van der Waals surface area contributed by atoms with Gasteiger partial charge in [-0.3, -0.25) is 9.78 Å². The number of carbonyl (C=O) groups excluding carboxylic acids is 1. The number of anilines is 1. The van der Waals surface area contributed by atoms with E-state index in [9.17, 15) is 4.79 Å². The lowest BCUT2D eigenvalue weighted by molar-refractivity contribution is 0.0733. The highest BCUT2D eigenvalue weighted by Crippen LogP contribution is 2.37. The summed E-state index contributed by atoms with van der Waals surface area (Å²) in [6.07, 6.45) is 7.14. The van der Waals surface area contributed by atoms with E-state index >= 15 is 0 Å². The van der Waals surface area contributed by atoms with Crippen LogP contribution in [-0.2, 0) is 4.74 Å². The number of pyridine rings is 1. The number of nitrogens with zero attached hydrogens (tertiary/aromatic N) is 5. The number of aromatic nitrogens is 3. The van der Waals surface area contributed by atoms with Gasteiger partial charge >= 0.3 is 0 Å². The molecule has 0 radical (unpaired) electrons. The summed E-state index contributed by atoms with van der Waals surface area (Å²) in [6.45, 7) is 1.67. The molecule has 1 atom stereocenters. The second-order valence-corrected chi connectivity index (χ2v) is 8.12. The lowest BCUT2D eigenvalue weighted by atomic mass is 10.0. The third-order valence-corrected chi connectivity index (χ3v) is 5.68. The van der Waals surface area contributed by atoms with Gasteiger partial charge in [0.15, 0.2) is 0 Å². The van der Waals surface area contributed by atoms with Gasteiger partial charge in [-0.15, -0.1) is 0 Å². The number of ether oxygens (including phenoxy) is 2. The van der Waals surface area contributed by atoms with Crippen LogP contribution in [0.25, 0.3) is 11.1 Å². The molecule has 33 heavy (non-hydrogen) atoms. The zero-order valence-corrected chi connectivity index (χ0v) is 19.3. The molecule has 172 valence electrons. The van der Waals surface area contributed by atoms with E-state index in [2.05, 4.69) is 9.97 Å². The van der Waals surface area contributed by atoms with Crippen LogP contribution in [0.15, 0.2) is 55.0 Å². The molecule has 8 heteroatoms. The van der Waals surface area contributed by atoms with Gasteiger partial charge in [0, 0.05) is 57.5 Å². The standard InChI is InChI=1S/C25H29N5O3/c1-29(2)25-27-17-21(18-10-12-26-13-11-18)23(28-25)22-5-4-14-30(22)24(31)19-6-8-20(9-7-19)33-16-15-32-3/h6-13,17,22H,4-5,14-16H2,1-3H3. The van der Waals surface area contributed by atoms with Crippen LogP contribution in [0.4, 0.5) is 5.95 Å². The number of hydrogen-bond acceptors (Lipinski definition) is 7. The molecule has 1 amide bonds. The molecule has 1 aliphatic rings. The second kappa shape index (κ2) is 10.4. The van der Waals surface area contributed by atoms with Crippen molar-refractivity contribution in [1.82, 2.24) is 19.9 Å². The molecule has 0 saturated carbocycles. The van der Waals surface area contributed by atoms with E-state index in [1.165, 1.54) is 0 Å². The van der Waals surface area contributed by atoms with Crippen molar-refractivity contribution in [2.45, 2.75) is 18.9 Å². The molecule has 3 heterocycles. The summed E-state index contributed by atoms with van der Waals surface area (Å²) in [5.74, 6) is 1.33. The number of benzene rings is 1. The third-order valence-electron chi connectivity index (χ3n) is 5.68. The summed E-state index contributed by atoms with van der Waals surface area (Å²) in [4.78, 5) is 30.8. The third kappa shape index (κ3) is 5.12. The summed E-state index contributed by atoms with van der Waals surface area (Å²) in [6, 6.07) is 11.0. The zero-order chi connectivity index (χ0) is 23.2. The molecule has 1 aromatic carbocycles. The van der Waals surface area contributed by atoms with E-state index in [1.54, 1.807) is 19.5 Å². The Balaban J connectivity index is 1.62. The number of methoxy groups -OCH3 is 1. The molecule has 0 N–H and O–H groups in total. The molecule has 1 fully saturated rings. The molecule has 3 aromatic rings. The molecule has 8 nitrogen and oxygen atoms in total. The second-order valence-electron chi connectivity index (χ2n) is 8.12. The van der Waals surface area contributed by atoms with Gasteiger partial charge in [0.1, 0.15) is 12.4 Å². The fourth-order valence-corrected chi connectivity index (χ4v) is 4.01. The first-order valence-corrected chi connectivity index (χ1v) is 11.1. The predicted molar refractivity (Wildman–Crippen MR) is 126 cm³/mol. The molecule has 0 spiro atoms. The minimum Gasteiger partial charge on any atom is -0.491 e. The summed E-state index contributed by atoms with van der Waals surface area (Å²) in [5.41, 5.74) is 3.41. The van der Waals surface area contributed by atoms with Crippen LogP contribution in [-0.4, -0.2) is 66.7 Å². The SMILES string of the molecule is COCCOc1ccc(C(=O)N2CCCC2c2nc(N(C)C)ncc2-c2ccncc2)cc1. The Kier molecular flexibility index (Phi) is 7.14. The molecule has 2 aromatic heterocycles. The van der Waals surface area contributed by atoms with Crippen molar-refractivity contribution in [2.75, 3.05) is 45.9 Å². The van der Waals surface area contributed by atoms with E-state index in [4.69, 9.17) is 14.5 Å². The summed E-state index contributed by atoms with van der Waals surface area (Å²) >= 11 is 0. The van der Waals surface area contributed by atoms with Crippen molar-refractivity contribution in [3.63, 3.8) is 0 Å². The maximum absolute atomic E-state index is 13.5. The largest absolute Gasteiger partial charge is 0.491 e. The van der Waals surface area contributed by atoms with E-state index in [0.29, 0.717) is 37.0 Å². The van der Waals surface area contributed by atoms with Crippen LogP contribution in [0.2, 0.25) is 0 Å². The van der Waals surface area contributed by atoms with Gasteiger partial charge < -0.3 is 19.3 Å². The van der Waals surface area contributed by atoms with Gasteiger partial charge in [-0.1, -0.05) is 0 Å². The Morgan fingerprint density at radius 3 is 2.58 bits per heavy atom. The van der Waals surface area contributed by atoms with Gasteiger partial charge in [0.25, 0.3) is 5.91 Å². The van der Waals surface area contributed by atoms with Gasteiger partial charge in [-0.05, 0) is 54.8 Å². The molecule has 1 aliphatic heterocycles. The van der Waals surface area contributed by atoms with E-state index in [1.807, 2.05) is 66.5 Å². The number of carbonyl (C=O) groups is 1. The average molecular weight is 448 g/mol. The first kappa shape index (κ1) is 22.7. The lowest BCUT2D eigenvalue weighted by Gasteiger charge is -2.27. The smallest absolute Gasteiger partial charge is 0.254 e. The normalized spacial score (nSPS) is 15.5. The van der Waals surface area contributed by atoms with Crippen molar-refractivity contribution >= 4 is 11.9 Å². The summed E-state index contributed by atoms with van der Waals surface area (Å²) in [7, 11) is 5.47. The molecular weight excluding hydrogens is 418 g/mol. The number of amides is 1. The Hall–Kier alpha value is -3.52. The van der Waals surface area contributed by atoms with E-state index in [0.717, 1.165) is 29.7 Å². The van der Waals surface area contributed by atoms with Crippen LogP contribution in [0.3, 0.4) is 0 Å². The Morgan fingerprint density at radius 1 is 1.12 bits per heavy atom. The number of rotatable bonds is 8. The predicted octanol–water partition coefficient (Wildman–Crippen LogP) is 3.61. The van der Waals surface area contributed by atoms with Crippen LogP contribution in [0.1, 0.15) is 34.9 Å². The average Bonchev–Trinajstić information content (AvgIpc) is 3.34. The Morgan fingerprint density at radius 2 is 1.88 bits per heavy atom. The van der Waals surface area contributed by atoms with Crippen molar-refractivity contribution in [2.24, 2.45) is 0 Å². The van der Waals surface area contributed by atoms with Gasteiger partial charge in [0.05, 0.1) is 18.3 Å². The van der Waals surface area contributed by atoms with Crippen molar-refractivity contribution in [3.8, 4) is 16.9 Å². The van der Waals surface area contributed by atoms with E-state index < -0.39 is 0 Å². The van der Waals surface area contributed by atoms with Crippen molar-refractivity contribution in [1.29, 1.82) is 0 Å². The van der Waals surface area contributed by atoms with Gasteiger partial charge in [-0.2, -0.15) is 0 Å². The highest BCUT2D eigenvalue weighted by Gasteiger charge is 2.34. The molecule has 0 aliphatic carbocycles. The lowest BCUT2D eigenvalue weighted by Crippen LogP contribution is -2.31. The number of hydrogen-bond donors (Lipinski definition) is 0. The van der Waals surface area contributed by atoms with Gasteiger partial charge in [0.2, 0.25) is 5.95 Å². The highest BCUT2D eigenvalue weighted by molar-refractivity contribution is 5.95. The monoisotopic (exact) mass is 447 g/mol. The van der Waals surface area contributed by atoms with Crippen LogP contribution in [0.5, 0.6) is 5.75 Å². The Bertz CT molecular complexity index is 1070. The molecule has 4 rings (SSSR count). The van der Waals surface area contributed by atoms with Crippen molar-refractivity contribution in [3.05, 3.63) is 66.2 Å². The minimum absolute atomic E-state index is 0.00775. The molecular formula is C25H29N5O3. The van der Waals surface area contributed by atoms with Crippen molar-refractivity contribution < 1.29 is 14.3 Å². The number of likely N-dealkylation sites (tertiary alicyclic amines) is 1.